The maximum absolute atomic E-state index is 13.3. The van der Waals surface area contributed by atoms with Gasteiger partial charge in [-0.1, -0.05) is 3.89 Å². The SMILES string of the molecule is Cc1c(CS(=O)(=O)Cl)c(C)c(B2OC(C)(C)C(C)(C)O2)c(C)c1OS(=O)(=O)F. The lowest BCUT2D eigenvalue weighted by Crippen LogP contribution is -2.41. The summed E-state index contributed by atoms with van der Waals surface area (Å²) in [5, 5.41) is 0. The van der Waals surface area contributed by atoms with E-state index in [9.17, 15) is 20.7 Å². The van der Waals surface area contributed by atoms with Crippen LogP contribution in [0, 0.1) is 20.8 Å². The van der Waals surface area contributed by atoms with Crippen LogP contribution in [-0.4, -0.2) is 35.2 Å². The fourth-order valence-corrected chi connectivity index (χ4v) is 4.75. The summed E-state index contributed by atoms with van der Waals surface area (Å²) in [7, 11) is -4.86. The zero-order chi connectivity index (χ0) is 21.9. The van der Waals surface area contributed by atoms with Gasteiger partial charge in [-0.25, -0.2) is 8.42 Å². The van der Waals surface area contributed by atoms with E-state index in [1.54, 1.807) is 6.92 Å². The monoisotopic (exact) mass is 456 g/mol. The molecule has 0 unspecified atom stereocenters. The fourth-order valence-electron chi connectivity index (χ4n) is 3.19. The van der Waals surface area contributed by atoms with Crippen LogP contribution < -0.4 is 9.65 Å². The second kappa shape index (κ2) is 7.12. The summed E-state index contributed by atoms with van der Waals surface area (Å²) < 4.78 is 75.5. The van der Waals surface area contributed by atoms with Crippen LogP contribution in [-0.2, 0) is 34.6 Å². The number of rotatable bonds is 5. The lowest BCUT2D eigenvalue weighted by atomic mass is 9.71. The van der Waals surface area contributed by atoms with E-state index < -0.39 is 43.6 Å². The molecule has 0 radical (unpaired) electrons. The first-order valence-corrected chi connectivity index (χ1v) is 12.2. The molecule has 1 aromatic carbocycles. The molecule has 0 spiro atoms. The molecular weight excluding hydrogens is 434 g/mol. The predicted molar refractivity (Wildman–Crippen MR) is 106 cm³/mol. The third-order valence-electron chi connectivity index (χ3n) is 5.38. The molecule has 1 aliphatic rings. The normalized spacial score (nSPS) is 19.1. The first-order chi connectivity index (χ1) is 12.4. The Morgan fingerprint density at radius 1 is 0.964 bits per heavy atom. The Morgan fingerprint density at radius 2 is 1.43 bits per heavy atom. The molecule has 12 heteroatoms. The quantitative estimate of drug-likeness (QED) is 0.496. The van der Waals surface area contributed by atoms with E-state index in [1.807, 2.05) is 27.7 Å². The molecule has 1 aromatic rings. The van der Waals surface area contributed by atoms with Gasteiger partial charge in [0.2, 0.25) is 9.05 Å². The van der Waals surface area contributed by atoms with Gasteiger partial charge in [-0.3, -0.25) is 0 Å². The summed E-state index contributed by atoms with van der Waals surface area (Å²) in [6.07, 6.45) is 0. The summed E-state index contributed by atoms with van der Waals surface area (Å²) in [4.78, 5) is 0. The van der Waals surface area contributed by atoms with Gasteiger partial charge in [-0.05, 0) is 76.2 Å². The third kappa shape index (κ3) is 4.64. The van der Waals surface area contributed by atoms with Crippen LogP contribution in [0.2, 0.25) is 0 Å². The summed E-state index contributed by atoms with van der Waals surface area (Å²) in [6.45, 7) is 11.9. The molecule has 28 heavy (non-hydrogen) atoms. The molecule has 1 fully saturated rings. The highest BCUT2D eigenvalue weighted by Gasteiger charge is 2.53. The van der Waals surface area contributed by atoms with Crippen LogP contribution in [0.4, 0.5) is 3.89 Å². The number of halogens is 2. The number of benzene rings is 1. The molecular formula is C16H23BClFO7S2. The molecule has 2 rings (SSSR count). The van der Waals surface area contributed by atoms with Gasteiger partial charge in [0, 0.05) is 10.7 Å². The van der Waals surface area contributed by atoms with Gasteiger partial charge in [0.15, 0.2) is 5.75 Å². The average molecular weight is 457 g/mol. The Balaban J connectivity index is 2.78. The van der Waals surface area contributed by atoms with Crippen molar-refractivity contribution in [2.75, 3.05) is 0 Å². The zero-order valence-corrected chi connectivity index (χ0v) is 19.1. The molecule has 0 bridgehead atoms. The van der Waals surface area contributed by atoms with Crippen molar-refractivity contribution >= 4 is 42.8 Å². The van der Waals surface area contributed by atoms with Gasteiger partial charge >= 0.3 is 17.6 Å². The van der Waals surface area contributed by atoms with E-state index in [4.69, 9.17) is 20.0 Å². The van der Waals surface area contributed by atoms with Gasteiger partial charge < -0.3 is 13.5 Å². The molecule has 1 aliphatic heterocycles. The first-order valence-electron chi connectivity index (χ1n) is 8.41. The summed E-state index contributed by atoms with van der Waals surface area (Å²) in [5.41, 5.74) is 0.0791. The first kappa shape index (κ1) is 23.4. The van der Waals surface area contributed by atoms with Crippen LogP contribution in [0.5, 0.6) is 5.75 Å². The topological polar surface area (TPSA) is 96.0 Å². The predicted octanol–water partition coefficient (Wildman–Crippen LogP) is 2.57. The van der Waals surface area contributed by atoms with E-state index in [0.717, 1.165) is 0 Å². The van der Waals surface area contributed by atoms with E-state index in [2.05, 4.69) is 4.18 Å². The summed E-state index contributed by atoms with van der Waals surface area (Å²) in [5.74, 6) is -0.907. The van der Waals surface area contributed by atoms with Gasteiger partial charge in [-0.15, -0.1) is 0 Å². The summed E-state index contributed by atoms with van der Waals surface area (Å²) >= 11 is 0. The van der Waals surface area contributed by atoms with Gasteiger partial charge in [-0.2, -0.15) is 8.42 Å². The molecule has 0 saturated carbocycles. The second-order valence-corrected chi connectivity index (χ2v) is 11.6. The minimum absolute atomic E-state index is 0.153. The zero-order valence-electron chi connectivity index (χ0n) is 16.7. The van der Waals surface area contributed by atoms with E-state index in [0.29, 0.717) is 11.0 Å². The minimum Gasteiger partial charge on any atom is -0.399 e. The van der Waals surface area contributed by atoms with E-state index in [1.165, 1.54) is 13.8 Å². The van der Waals surface area contributed by atoms with Crippen molar-refractivity contribution in [1.29, 1.82) is 0 Å². The highest BCUT2D eigenvalue weighted by Crippen LogP contribution is 2.39. The molecule has 1 heterocycles. The van der Waals surface area contributed by atoms with Crippen molar-refractivity contribution in [2.24, 2.45) is 0 Å². The van der Waals surface area contributed by atoms with E-state index >= 15 is 0 Å². The van der Waals surface area contributed by atoms with Crippen LogP contribution in [0.15, 0.2) is 0 Å². The standard InChI is InChI=1S/C16H23BClFO7S2/c1-9-12(8-27(18,20)21)10(2)14(24-28(19,22)23)11(3)13(9)17-25-15(4,5)16(6,7)26-17/h8H2,1-7H3. The van der Waals surface area contributed by atoms with Gasteiger partial charge in [0.05, 0.1) is 17.0 Å². The van der Waals surface area contributed by atoms with Crippen LogP contribution in [0.1, 0.15) is 49.9 Å². The Bertz CT molecular complexity index is 943. The maximum atomic E-state index is 13.3. The second-order valence-electron chi connectivity index (χ2n) is 7.84. The molecule has 0 amide bonds. The van der Waals surface area contributed by atoms with Crippen molar-refractivity contribution in [3.63, 3.8) is 0 Å². The Hall–Kier alpha value is -0.875. The molecule has 0 atom stereocenters. The number of hydrogen-bond donors (Lipinski definition) is 0. The lowest BCUT2D eigenvalue weighted by Gasteiger charge is -2.32. The molecule has 1 saturated heterocycles. The molecule has 158 valence electrons. The smallest absolute Gasteiger partial charge is 0.399 e. The Labute approximate surface area is 170 Å². The molecule has 0 aliphatic carbocycles. The average Bonchev–Trinajstić information content (AvgIpc) is 2.66. The molecule has 0 aromatic heterocycles. The largest absolute Gasteiger partial charge is 0.495 e. The maximum Gasteiger partial charge on any atom is 0.495 e. The minimum atomic E-state index is -5.35. The lowest BCUT2D eigenvalue weighted by molar-refractivity contribution is 0.00578. The molecule has 7 nitrogen and oxygen atoms in total. The van der Waals surface area contributed by atoms with E-state index in [-0.39, 0.29) is 22.4 Å². The highest BCUT2D eigenvalue weighted by molar-refractivity contribution is 8.13. The number of hydrogen-bond acceptors (Lipinski definition) is 7. The van der Waals surface area contributed by atoms with Gasteiger partial charge in [0.25, 0.3) is 0 Å². The van der Waals surface area contributed by atoms with Crippen molar-refractivity contribution < 1.29 is 34.2 Å². The Morgan fingerprint density at radius 3 is 1.82 bits per heavy atom. The van der Waals surface area contributed by atoms with Crippen molar-refractivity contribution in [3.8, 4) is 5.75 Å². The van der Waals surface area contributed by atoms with Gasteiger partial charge in [0.1, 0.15) is 0 Å². The highest BCUT2D eigenvalue weighted by atomic mass is 35.7. The molecule has 0 N–H and O–H groups in total. The Kier molecular flexibility index (Phi) is 5.95. The van der Waals surface area contributed by atoms with Crippen LogP contribution in [0.25, 0.3) is 0 Å². The van der Waals surface area contributed by atoms with Crippen molar-refractivity contribution in [1.82, 2.24) is 0 Å². The third-order valence-corrected chi connectivity index (χ3v) is 6.71. The van der Waals surface area contributed by atoms with Crippen molar-refractivity contribution in [2.45, 2.75) is 65.4 Å². The van der Waals surface area contributed by atoms with Crippen LogP contribution >= 0.6 is 10.7 Å². The van der Waals surface area contributed by atoms with Crippen LogP contribution in [0.3, 0.4) is 0 Å². The fraction of sp³-hybridized carbons (Fsp3) is 0.625. The summed E-state index contributed by atoms with van der Waals surface area (Å²) in [6, 6.07) is 0. The van der Waals surface area contributed by atoms with Crippen molar-refractivity contribution in [3.05, 3.63) is 22.3 Å².